The van der Waals surface area contributed by atoms with Gasteiger partial charge in [0.15, 0.2) is 0 Å². The molecule has 1 fully saturated rings. The smallest absolute Gasteiger partial charge is 0.368 e. The van der Waals surface area contributed by atoms with E-state index in [-0.39, 0.29) is 0 Å². The van der Waals surface area contributed by atoms with Gasteiger partial charge in [0.25, 0.3) is 0 Å². The van der Waals surface area contributed by atoms with Gasteiger partial charge >= 0.3 is 7.75 Å². The van der Waals surface area contributed by atoms with E-state index in [4.69, 9.17) is 16.2 Å². The molecule has 2 heterocycles. The highest BCUT2D eigenvalue weighted by atomic mass is 35.5. The van der Waals surface area contributed by atoms with E-state index in [1.807, 2.05) is 24.3 Å². The maximum Gasteiger partial charge on any atom is 0.421 e. The lowest BCUT2D eigenvalue weighted by Gasteiger charge is -2.36. The molecule has 0 amide bonds. The molecule has 1 N–H and O–H groups in total. The monoisotopic (exact) mass is 370 g/mol. The first-order valence-corrected chi connectivity index (χ1v) is 9.52. The van der Waals surface area contributed by atoms with Gasteiger partial charge in [0, 0.05) is 48.5 Å². The van der Waals surface area contributed by atoms with Crippen LogP contribution in [-0.4, -0.2) is 59.9 Å². The molecule has 0 aliphatic carbocycles. The maximum atomic E-state index is 11.9. The predicted octanol–water partition coefficient (Wildman–Crippen LogP) is 2.60. The van der Waals surface area contributed by atoms with E-state index in [1.54, 1.807) is 11.3 Å². The zero-order valence-corrected chi connectivity index (χ0v) is 15.2. The molecule has 0 spiro atoms. The molecule has 1 aliphatic rings. The first-order valence-electron chi connectivity index (χ1n) is 7.61. The Balaban J connectivity index is 1.73. The van der Waals surface area contributed by atoms with Crippen molar-refractivity contribution < 1.29 is 14.1 Å². The number of hydrogen-bond donors (Lipinski definition) is 1. The summed E-state index contributed by atoms with van der Waals surface area (Å²) in [6.07, 6.45) is 1.77. The summed E-state index contributed by atoms with van der Waals surface area (Å²) in [7, 11) is -0.715. The summed E-state index contributed by atoms with van der Waals surface area (Å²) in [5, 5.41) is 3.25. The Morgan fingerprint density at radius 1 is 1.25 bits per heavy atom. The SMILES string of the molecule is CN(C)P(=O)(O)ON1CCN(c2ccnc3cc(Cl)ccc23)CC1. The van der Waals surface area contributed by atoms with E-state index < -0.39 is 7.75 Å². The van der Waals surface area contributed by atoms with Crippen molar-refractivity contribution in [1.82, 2.24) is 14.7 Å². The van der Waals surface area contributed by atoms with Crippen molar-refractivity contribution in [2.45, 2.75) is 0 Å². The van der Waals surface area contributed by atoms with Crippen molar-refractivity contribution in [3.05, 3.63) is 35.5 Å². The summed E-state index contributed by atoms with van der Waals surface area (Å²) in [5.74, 6) is 0. The molecule has 3 rings (SSSR count). The summed E-state index contributed by atoms with van der Waals surface area (Å²) in [6, 6.07) is 7.65. The fourth-order valence-electron chi connectivity index (χ4n) is 2.62. The first kappa shape index (κ1) is 17.6. The van der Waals surface area contributed by atoms with Crippen molar-refractivity contribution in [3.8, 4) is 0 Å². The second-order valence-electron chi connectivity index (χ2n) is 5.83. The summed E-state index contributed by atoms with van der Waals surface area (Å²) < 4.78 is 18.4. The van der Waals surface area contributed by atoms with E-state index in [2.05, 4.69) is 9.88 Å². The van der Waals surface area contributed by atoms with Crippen LogP contribution in [0.1, 0.15) is 0 Å². The van der Waals surface area contributed by atoms with Gasteiger partial charge in [-0.15, -0.1) is 0 Å². The van der Waals surface area contributed by atoms with Crippen LogP contribution < -0.4 is 4.90 Å². The summed E-state index contributed by atoms with van der Waals surface area (Å²) in [6.45, 7) is 2.45. The van der Waals surface area contributed by atoms with Crippen LogP contribution in [0, 0.1) is 0 Å². The molecule has 1 atom stereocenters. The van der Waals surface area contributed by atoms with Gasteiger partial charge in [-0.3, -0.25) is 4.98 Å². The van der Waals surface area contributed by atoms with Crippen LogP contribution >= 0.6 is 19.3 Å². The number of rotatable bonds is 4. The highest BCUT2D eigenvalue weighted by Gasteiger charge is 2.29. The molecule has 1 aromatic heterocycles. The lowest BCUT2D eigenvalue weighted by Crippen LogP contribution is -2.46. The topological polar surface area (TPSA) is 69.1 Å². The normalized spacial score (nSPS) is 19.0. The molecular weight excluding hydrogens is 351 g/mol. The Bertz CT molecular complexity index is 780. The van der Waals surface area contributed by atoms with E-state index in [9.17, 15) is 9.46 Å². The zero-order chi connectivity index (χ0) is 17.3. The van der Waals surface area contributed by atoms with Gasteiger partial charge in [0.2, 0.25) is 0 Å². The number of aromatic nitrogens is 1. The number of benzene rings is 1. The maximum absolute atomic E-state index is 11.9. The van der Waals surface area contributed by atoms with Crippen LogP contribution in [-0.2, 0) is 9.19 Å². The van der Waals surface area contributed by atoms with Gasteiger partial charge < -0.3 is 9.79 Å². The molecule has 2 aromatic rings. The lowest BCUT2D eigenvalue weighted by molar-refractivity contribution is -0.0779. The quantitative estimate of drug-likeness (QED) is 0.829. The lowest BCUT2D eigenvalue weighted by atomic mass is 10.1. The number of piperazine rings is 1. The van der Waals surface area contributed by atoms with Crippen molar-refractivity contribution in [2.24, 2.45) is 0 Å². The number of hydroxylamine groups is 2. The van der Waals surface area contributed by atoms with E-state index in [0.717, 1.165) is 16.6 Å². The Morgan fingerprint density at radius 2 is 1.96 bits per heavy atom. The van der Waals surface area contributed by atoms with Crippen molar-refractivity contribution >= 4 is 35.9 Å². The third-order valence-electron chi connectivity index (χ3n) is 3.99. The van der Waals surface area contributed by atoms with Crippen LogP contribution in [0.25, 0.3) is 10.9 Å². The molecule has 0 bridgehead atoms. The summed E-state index contributed by atoms with van der Waals surface area (Å²) >= 11 is 6.03. The number of fused-ring (bicyclic) bond motifs is 1. The third kappa shape index (κ3) is 3.72. The number of halogens is 1. The molecule has 1 unspecified atom stereocenters. The molecule has 9 heteroatoms. The Labute approximate surface area is 145 Å². The molecule has 1 aromatic carbocycles. The third-order valence-corrected chi connectivity index (χ3v) is 5.68. The van der Waals surface area contributed by atoms with Crippen LogP contribution in [0.2, 0.25) is 5.02 Å². The number of hydrogen-bond acceptors (Lipinski definition) is 5. The minimum atomic E-state index is -3.75. The summed E-state index contributed by atoms with van der Waals surface area (Å²) in [4.78, 5) is 16.4. The number of pyridine rings is 1. The minimum Gasteiger partial charge on any atom is -0.368 e. The second kappa shape index (κ2) is 6.96. The van der Waals surface area contributed by atoms with Gasteiger partial charge in [-0.05, 0) is 38.4 Å². The van der Waals surface area contributed by atoms with Crippen LogP contribution in [0.4, 0.5) is 5.69 Å². The summed E-state index contributed by atoms with van der Waals surface area (Å²) in [5.41, 5.74) is 1.93. The minimum absolute atomic E-state index is 0.537. The van der Waals surface area contributed by atoms with Gasteiger partial charge in [0.05, 0.1) is 5.52 Å². The number of nitrogens with zero attached hydrogens (tertiary/aromatic N) is 4. The van der Waals surface area contributed by atoms with Crippen molar-refractivity contribution in [1.29, 1.82) is 0 Å². The molecule has 0 radical (unpaired) electrons. The van der Waals surface area contributed by atoms with Crippen LogP contribution in [0.5, 0.6) is 0 Å². The Morgan fingerprint density at radius 3 is 2.62 bits per heavy atom. The molecule has 0 saturated carbocycles. The van der Waals surface area contributed by atoms with Crippen molar-refractivity contribution in [3.63, 3.8) is 0 Å². The Hall–Kier alpha value is -1.21. The molecule has 1 aliphatic heterocycles. The highest BCUT2D eigenvalue weighted by molar-refractivity contribution is 7.50. The van der Waals surface area contributed by atoms with Gasteiger partial charge in [-0.25, -0.2) is 13.9 Å². The molecule has 24 heavy (non-hydrogen) atoms. The van der Waals surface area contributed by atoms with Gasteiger partial charge in [-0.1, -0.05) is 11.6 Å². The number of anilines is 1. The second-order valence-corrected chi connectivity index (χ2v) is 8.21. The molecule has 1 saturated heterocycles. The molecular formula is C15H20ClN4O3P. The predicted molar refractivity (Wildman–Crippen MR) is 95.1 cm³/mol. The van der Waals surface area contributed by atoms with Gasteiger partial charge in [-0.2, -0.15) is 5.06 Å². The molecule has 7 nitrogen and oxygen atoms in total. The standard InChI is InChI=1S/C15H20ClN4O3P/c1-18(2)24(21,22)23-20-9-7-19(8-10-20)15-5-6-17-14-11-12(16)3-4-13(14)15/h3-6,11H,7-10H2,1-2H3,(H,21,22). The van der Waals surface area contributed by atoms with Gasteiger partial charge in [0.1, 0.15) is 0 Å². The van der Waals surface area contributed by atoms with Crippen LogP contribution in [0.3, 0.4) is 0 Å². The average Bonchev–Trinajstić information content (AvgIpc) is 2.54. The van der Waals surface area contributed by atoms with Crippen molar-refractivity contribution in [2.75, 3.05) is 45.2 Å². The fraction of sp³-hybridized carbons (Fsp3) is 0.400. The van der Waals surface area contributed by atoms with E-state index in [0.29, 0.717) is 31.2 Å². The van der Waals surface area contributed by atoms with Crippen LogP contribution in [0.15, 0.2) is 30.5 Å². The highest BCUT2D eigenvalue weighted by Crippen LogP contribution is 2.44. The Kier molecular flexibility index (Phi) is 5.11. The first-order chi connectivity index (χ1) is 11.4. The van der Waals surface area contributed by atoms with E-state index in [1.165, 1.54) is 18.8 Å². The van der Waals surface area contributed by atoms with E-state index >= 15 is 0 Å². The molecule has 130 valence electrons. The largest absolute Gasteiger partial charge is 0.421 e. The zero-order valence-electron chi connectivity index (χ0n) is 13.6. The average molecular weight is 371 g/mol. The fourth-order valence-corrected chi connectivity index (χ4v) is 3.39.